The van der Waals surface area contributed by atoms with Crippen molar-refractivity contribution < 1.29 is 0 Å². The number of benzene rings is 1. The van der Waals surface area contributed by atoms with Crippen molar-refractivity contribution in [2.24, 2.45) is 11.8 Å². The van der Waals surface area contributed by atoms with Crippen molar-refractivity contribution in [3.63, 3.8) is 0 Å². The van der Waals surface area contributed by atoms with E-state index in [1.807, 2.05) is 0 Å². The second kappa shape index (κ2) is 5.10. The first-order valence-corrected chi connectivity index (χ1v) is 7.93. The Morgan fingerprint density at radius 3 is 2.47 bits per heavy atom. The molecule has 3 rings (SSSR count). The fourth-order valence-corrected chi connectivity index (χ4v) is 4.61. The van der Waals surface area contributed by atoms with E-state index in [0.717, 1.165) is 28.9 Å². The largest absolute Gasteiger partial charge is 0.300 e. The highest BCUT2D eigenvalue weighted by molar-refractivity contribution is 6.30. The summed E-state index contributed by atoms with van der Waals surface area (Å²) in [5, 5.41) is 0.848. The Balaban J connectivity index is 1.93. The van der Waals surface area contributed by atoms with Crippen LogP contribution in [0, 0.1) is 11.8 Å². The molecule has 2 aliphatic rings. The van der Waals surface area contributed by atoms with Crippen LogP contribution < -0.4 is 0 Å². The second-order valence-electron chi connectivity index (χ2n) is 6.68. The van der Waals surface area contributed by atoms with Crippen molar-refractivity contribution >= 4 is 11.6 Å². The van der Waals surface area contributed by atoms with Crippen molar-refractivity contribution in [2.75, 3.05) is 7.05 Å². The molecule has 0 N–H and O–H groups in total. The highest BCUT2D eigenvalue weighted by Crippen LogP contribution is 2.48. The third-order valence-corrected chi connectivity index (χ3v) is 5.65. The van der Waals surface area contributed by atoms with Crippen LogP contribution in [0.3, 0.4) is 0 Å². The van der Waals surface area contributed by atoms with Crippen LogP contribution in [-0.4, -0.2) is 24.0 Å². The molecule has 0 radical (unpaired) electrons. The molecule has 1 aromatic carbocycles. The molecular formula is C17H24ClN. The number of hydrogen-bond acceptors (Lipinski definition) is 1. The van der Waals surface area contributed by atoms with Gasteiger partial charge < -0.3 is 4.90 Å². The third-order valence-electron chi connectivity index (χ3n) is 5.40. The number of piperidine rings is 1. The molecule has 104 valence electrons. The fourth-order valence-electron chi connectivity index (χ4n) is 4.48. The van der Waals surface area contributed by atoms with E-state index in [4.69, 9.17) is 11.6 Å². The molecule has 0 aliphatic carbocycles. The predicted molar refractivity (Wildman–Crippen MR) is 81.7 cm³/mol. The van der Waals surface area contributed by atoms with Crippen molar-refractivity contribution in [3.05, 3.63) is 34.9 Å². The van der Waals surface area contributed by atoms with Crippen LogP contribution in [0.25, 0.3) is 0 Å². The molecule has 0 aromatic heterocycles. The number of fused-ring (bicyclic) bond motifs is 2. The van der Waals surface area contributed by atoms with E-state index >= 15 is 0 Å². The molecule has 1 nitrogen and oxygen atoms in total. The summed E-state index contributed by atoms with van der Waals surface area (Å²) in [6.45, 7) is 4.78. The van der Waals surface area contributed by atoms with Gasteiger partial charge >= 0.3 is 0 Å². The standard InChI is InChI=1S/C17H24ClN/c1-11(2)17-15(12-4-6-13(18)7-5-12)10-14-8-9-16(17)19(14)3/h4-7,11,14-17H,8-10H2,1-3H3/t14?,15-,16?,17+/m1/s1. The Morgan fingerprint density at radius 1 is 1.16 bits per heavy atom. The van der Waals surface area contributed by atoms with Gasteiger partial charge in [-0.1, -0.05) is 37.6 Å². The minimum absolute atomic E-state index is 0.714. The van der Waals surface area contributed by atoms with E-state index in [-0.39, 0.29) is 0 Å². The maximum atomic E-state index is 6.03. The molecule has 2 aliphatic heterocycles. The Hall–Kier alpha value is -0.530. The molecule has 2 fully saturated rings. The minimum Gasteiger partial charge on any atom is -0.300 e. The van der Waals surface area contributed by atoms with E-state index < -0.39 is 0 Å². The molecule has 2 bridgehead atoms. The lowest BCUT2D eigenvalue weighted by Gasteiger charge is -2.45. The Morgan fingerprint density at radius 2 is 1.84 bits per heavy atom. The summed E-state index contributed by atoms with van der Waals surface area (Å²) < 4.78 is 0. The first-order chi connectivity index (χ1) is 9.08. The Kier molecular flexibility index (Phi) is 3.61. The minimum atomic E-state index is 0.714. The van der Waals surface area contributed by atoms with Crippen molar-refractivity contribution in [3.8, 4) is 0 Å². The van der Waals surface area contributed by atoms with Crippen LogP contribution in [0.2, 0.25) is 5.02 Å². The van der Waals surface area contributed by atoms with Crippen LogP contribution in [-0.2, 0) is 0 Å². The van der Waals surface area contributed by atoms with Gasteiger partial charge in [-0.3, -0.25) is 0 Å². The van der Waals surface area contributed by atoms with E-state index in [9.17, 15) is 0 Å². The maximum Gasteiger partial charge on any atom is 0.0406 e. The lowest BCUT2D eigenvalue weighted by atomic mass is 9.71. The number of hydrogen-bond donors (Lipinski definition) is 0. The average Bonchev–Trinajstić information content (AvgIpc) is 2.63. The van der Waals surface area contributed by atoms with Gasteiger partial charge in [-0.2, -0.15) is 0 Å². The summed E-state index contributed by atoms with van der Waals surface area (Å²) in [6, 6.07) is 10.2. The van der Waals surface area contributed by atoms with E-state index in [1.54, 1.807) is 0 Å². The first-order valence-electron chi connectivity index (χ1n) is 7.55. The molecular weight excluding hydrogens is 254 g/mol. The van der Waals surface area contributed by atoms with Gasteiger partial charge in [0, 0.05) is 17.1 Å². The van der Waals surface area contributed by atoms with E-state index in [2.05, 4.69) is 50.1 Å². The second-order valence-corrected chi connectivity index (χ2v) is 7.12. The molecule has 0 amide bonds. The predicted octanol–water partition coefficient (Wildman–Crippen LogP) is 4.56. The van der Waals surface area contributed by atoms with Crippen LogP contribution >= 0.6 is 11.6 Å². The normalized spacial score (nSPS) is 35.0. The van der Waals surface area contributed by atoms with Gasteiger partial charge in [-0.05, 0) is 61.8 Å². The monoisotopic (exact) mass is 277 g/mol. The zero-order chi connectivity index (χ0) is 13.6. The van der Waals surface area contributed by atoms with E-state index in [0.29, 0.717) is 5.92 Å². The maximum absolute atomic E-state index is 6.03. The SMILES string of the molecule is CC(C)[C@@H]1C2CCC(C[C@@H]1c1ccc(Cl)cc1)N2C. The van der Waals surface area contributed by atoms with Gasteiger partial charge in [0.1, 0.15) is 0 Å². The highest BCUT2D eigenvalue weighted by Gasteiger charge is 2.46. The first kappa shape index (κ1) is 13.5. The molecule has 1 aromatic rings. The van der Waals surface area contributed by atoms with Crippen LogP contribution in [0.1, 0.15) is 44.6 Å². The molecule has 0 saturated carbocycles. The molecule has 4 atom stereocenters. The fraction of sp³-hybridized carbons (Fsp3) is 0.647. The van der Waals surface area contributed by atoms with Crippen molar-refractivity contribution in [1.82, 2.24) is 4.90 Å². The van der Waals surface area contributed by atoms with Crippen LogP contribution in [0.5, 0.6) is 0 Å². The highest BCUT2D eigenvalue weighted by atomic mass is 35.5. The quantitative estimate of drug-likeness (QED) is 0.766. The summed E-state index contributed by atoms with van der Waals surface area (Å²) in [4.78, 5) is 2.65. The number of nitrogens with zero attached hydrogens (tertiary/aromatic N) is 1. The summed E-state index contributed by atoms with van der Waals surface area (Å²) >= 11 is 6.03. The van der Waals surface area contributed by atoms with Crippen LogP contribution in [0.15, 0.2) is 24.3 Å². The smallest absolute Gasteiger partial charge is 0.0406 e. The number of halogens is 1. The topological polar surface area (TPSA) is 3.24 Å². The van der Waals surface area contributed by atoms with Gasteiger partial charge in [-0.25, -0.2) is 0 Å². The molecule has 2 saturated heterocycles. The van der Waals surface area contributed by atoms with Crippen molar-refractivity contribution in [1.29, 1.82) is 0 Å². The van der Waals surface area contributed by atoms with Gasteiger partial charge in [0.15, 0.2) is 0 Å². The summed E-state index contributed by atoms with van der Waals surface area (Å²) in [6.07, 6.45) is 4.08. The summed E-state index contributed by atoms with van der Waals surface area (Å²) in [5.74, 6) is 2.24. The molecule has 19 heavy (non-hydrogen) atoms. The molecule has 2 unspecified atom stereocenters. The third kappa shape index (κ3) is 2.32. The van der Waals surface area contributed by atoms with Gasteiger partial charge in [-0.15, -0.1) is 0 Å². The summed E-state index contributed by atoms with van der Waals surface area (Å²) in [7, 11) is 2.33. The van der Waals surface area contributed by atoms with Gasteiger partial charge in [0.25, 0.3) is 0 Å². The number of rotatable bonds is 2. The van der Waals surface area contributed by atoms with Crippen molar-refractivity contribution in [2.45, 2.75) is 51.1 Å². The summed E-state index contributed by atoms with van der Waals surface area (Å²) in [5.41, 5.74) is 1.49. The van der Waals surface area contributed by atoms with Gasteiger partial charge in [0.05, 0.1) is 0 Å². The molecule has 2 heterocycles. The lowest BCUT2D eigenvalue weighted by molar-refractivity contribution is 0.0727. The van der Waals surface area contributed by atoms with Crippen LogP contribution in [0.4, 0.5) is 0 Å². The average molecular weight is 278 g/mol. The van der Waals surface area contributed by atoms with Gasteiger partial charge in [0.2, 0.25) is 0 Å². The Labute approximate surface area is 121 Å². The lowest BCUT2D eigenvalue weighted by Crippen LogP contribution is -2.47. The Bertz CT molecular complexity index is 439. The molecule has 2 heteroatoms. The zero-order valence-electron chi connectivity index (χ0n) is 12.1. The zero-order valence-corrected chi connectivity index (χ0v) is 12.9. The van der Waals surface area contributed by atoms with E-state index in [1.165, 1.54) is 24.8 Å². The molecule has 0 spiro atoms.